The van der Waals surface area contributed by atoms with Crippen molar-refractivity contribution in [2.24, 2.45) is 0 Å². The third-order valence-corrected chi connectivity index (χ3v) is 3.51. The number of rotatable bonds is 2. The average molecular weight is 298 g/mol. The molecule has 21 heavy (non-hydrogen) atoms. The summed E-state index contributed by atoms with van der Waals surface area (Å²) in [4.78, 5) is 0. The summed E-state index contributed by atoms with van der Waals surface area (Å²) in [7, 11) is 0. The molecule has 0 spiro atoms. The van der Waals surface area contributed by atoms with E-state index < -0.39 is 11.7 Å². The Morgan fingerprint density at radius 3 is 2.67 bits per heavy atom. The molecule has 0 saturated carbocycles. The first-order chi connectivity index (χ1) is 9.71. The van der Waals surface area contributed by atoms with Gasteiger partial charge in [-0.25, -0.2) is 0 Å². The molecular formula is C15H17F3N2O. The van der Waals surface area contributed by atoms with Gasteiger partial charge >= 0.3 is 6.18 Å². The van der Waals surface area contributed by atoms with Crippen molar-refractivity contribution in [3.63, 3.8) is 0 Å². The first-order valence-electron chi connectivity index (χ1n) is 6.73. The van der Waals surface area contributed by atoms with Crippen LogP contribution >= 0.6 is 0 Å². The molecule has 3 nitrogen and oxygen atoms in total. The third-order valence-electron chi connectivity index (χ3n) is 3.51. The SMILES string of the molecule is CC1(C)CC(Nc2ccc(C#N)cc2C(F)(F)F)CCO1. The molecule has 1 atom stereocenters. The minimum absolute atomic E-state index is 0.000169. The summed E-state index contributed by atoms with van der Waals surface area (Å²) in [6.07, 6.45) is -3.21. The number of nitriles is 1. The molecule has 0 aromatic heterocycles. The summed E-state index contributed by atoms with van der Waals surface area (Å²) < 4.78 is 44.9. The largest absolute Gasteiger partial charge is 0.418 e. The van der Waals surface area contributed by atoms with Gasteiger partial charge in [-0.1, -0.05) is 0 Å². The Hall–Kier alpha value is -1.74. The molecule has 1 aromatic rings. The van der Waals surface area contributed by atoms with Crippen molar-refractivity contribution in [2.75, 3.05) is 11.9 Å². The monoisotopic (exact) mass is 298 g/mol. The van der Waals surface area contributed by atoms with Crippen molar-refractivity contribution >= 4 is 5.69 Å². The van der Waals surface area contributed by atoms with Crippen molar-refractivity contribution in [3.05, 3.63) is 29.3 Å². The van der Waals surface area contributed by atoms with Crippen LogP contribution in [0.4, 0.5) is 18.9 Å². The standard InChI is InChI=1S/C15H17F3N2O/c1-14(2)8-11(5-6-21-14)20-13-4-3-10(9-19)7-12(13)15(16,17)18/h3-4,7,11,20H,5-6,8H2,1-2H3. The molecule has 0 amide bonds. The fourth-order valence-corrected chi connectivity index (χ4v) is 2.55. The van der Waals surface area contributed by atoms with Gasteiger partial charge in [0.05, 0.1) is 22.8 Å². The Morgan fingerprint density at radius 2 is 2.10 bits per heavy atom. The van der Waals surface area contributed by atoms with E-state index in [2.05, 4.69) is 5.32 Å². The lowest BCUT2D eigenvalue weighted by Gasteiger charge is -2.36. The van der Waals surface area contributed by atoms with Gasteiger partial charge in [0.1, 0.15) is 0 Å². The normalized spacial score (nSPS) is 21.6. The van der Waals surface area contributed by atoms with Crippen LogP contribution in [0, 0.1) is 11.3 Å². The van der Waals surface area contributed by atoms with E-state index >= 15 is 0 Å². The predicted octanol–water partition coefficient (Wildman–Crippen LogP) is 3.95. The molecule has 6 heteroatoms. The summed E-state index contributed by atoms with van der Waals surface area (Å²) in [5, 5.41) is 11.7. The maximum Gasteiger partial charge on any atom is 0.418 e. The van der Waals surface area contributed by atoms with Gasteiger partial charge in [0.25, 0.3) is 0 Å². The summed E-state index contributed by atoms with van der Waals surface area (Å²) in [5.74, 6) is 0. The van der Waals surface area contributed by atoms with E-state index in [9.17, 15) is 13.2 Å². The molecule has 2 rings (SSSR count). The summed E-state index contributed by atoms with van der Waals surface area (Å²) in [6, 6.07) is 5.25. The van der Waals surface area contributed by atoms with Crippen molar-refractivity contribution in [2.45, 2.75) is 44.5 Å². The van der Waals surface area contributed by atoms with Gasteiger partial charge in [-0.15, -0.1) is 0 Å². The van der Waals surface area contributed by atoms with Crippen LogP contribution < -0.4 is 5.32 Å². The van der Waals surface area contributed by atoms with Gasteiger partial charge < -0.3 is 10.1 Å². The Morgan fingerprint density at radius 1 is 1.38 bits per heavy atom. The molecule has 1 heterocycles. The molecule has 1 saturated heterocycles. The Labute approximate surface area is 121 Å². The second-order valence-electron chi connectivity index (χ2n) is 5.81. The van der Waals surface area contributed by atoms with Gasteiger partial charge in [0.15, 0.2) is 0 Å². The van der Waals surface area contributed by atoms with E-state index in [1.54, 1.807) is 6.07 Å². The van der Waals surface area contributed by atoms with E-state index in [0.717, 1.165) is 6.07 Å². The lowest BCUT2D eigenvalue weighted by molar-refractivity contribution is -0.137. The van der Waals surface area contributed by atoms with Crippen LogP contribution in [-0.4, -0.2) is 18.2 Å². The molecule has 1 N–H and O–H groups in total. The molecule has 114 valence electrons. The zero-order chi connectivity index (χ0) is 15.7. The van der Waals surface area contributed by atoms with Crippen molar-refractivity contribution in [1.29, 1.82) is 5.26 Å². The van der Waals surface area contributed by atoms with Crippen molar-refractivity contribution < 1.29 is 17.9 Å². The molecule has 1 unspecified atom stereocenters. The lowest BCUT2D eigenvalue weighted by atomic mass is 9.93. The van der Waals surface area contributed by atoms with Crippen LogP contribution in [0.1, 0.15) is 37.8 Å². The Balaban J connectivity index is 2.26. The Bertz CT molecular complexity index is 561. The molecule has 0 bridgehead atoms. The first kappa shape index (κ1) is 15.6. The summed E-state index contributed by atoms with van der Waals surface area (Å²) in [5.41, 5.74) is -1.13. The molecule has 1 fully saturated rings. The minimum Gasteiger partial charge on any atom is -0.382 e. The van der Waals surface area contributed by atoms with E-state index in [1.165, 1.54) is 12.1 Å². The zero-order valence-electron chi connectivity index (χ0n) is 11.9. The maximum atomic E-state index is 13.1. The van der Waals surface area contributed by atoms with E-state index in [0.29, 0.717) is 19.4 Å². The van der Waals surface area contributed by atoms with Gasteiger partial charge in [-0.2, -0.15) is 18.4 Å². The average Bonchev–Trinajstić information content (AvgIpc) is 2.36. The summed E-state index contributed by atoms with van der Waals surface area (Å²) in [6.45, 7) is 4.36. The second kappa shape index (κ2) is 5.57. The van der Waals surface area contributed by atoms with Crippen molar-refractivity contribution in [1.82, 2.24) is 0 Å². The van der Waals surface area contributed by atoms with Gasteiger partial charge in [-0.05, 0) is 44.9 Å². The van der Waals surface area contributed by atoms with Gasteiger partial charge in [0, 0.05) is 18.3 Å². The number of nitrogens with zero attached hydrogens (tertiary/aromatic N) is 1. The topological polar surface area (TPSA) is 45.0 Å². The third kappa shape index (κ3) is 3.88. The second-order valence-corrected chi connectivity index (χ2v) is 5.81. The number of hydrogen-bond donors (Lipinski definition) is 1. The zero-order valence-corrected chi connectivity index (χ0v) is 11.9. The van der Waals surface area contributed by atoms with Crippen molar-refractivity contribution in [3.8, 4) is 6.07 Å². The van der Waals surface area contributed by atoms with Gasteiger partial charge in [0.2, 0.25) is 0 Å². The Kier molecular flexibility index (Phi) is 4.15. The highest BCUT2D eigenvalue weighted by molar-refractivity contribution is 5.56. The smallest absolute Gasteiger partial charge is 0.382 e. The lowest BCUT2D eigenvalue weighted by Crippen LogP contribution is -2.40. The molecule has 0 radical (unpaired) electrons. The number of hydrogen-bond acceptors (Lipinski definition) is 3. The number of alkyl halides is 3. The number of halogens is 3. The van der Waals surface area contributed by atoms with E-state index in [4.69, 9.17) is 10.00 Å². The predicted molar refractivity (Wildman–Crippen MR) is 72.8 cm³/mol. The molecule has 1 aliphatic rings. The van der Waals surface area contributed by atoms with E-state index in [1.807, 2.05) is 13.8 Å². The number of ether oxygens (including phenoxy) is 1. The highest BCUT2D eigenvalue weighted by Crippen LogP contribution is 2.37. The highest BCUT2D eigenvalue weighted by Gasteiger charge is 2.35. The number of anilines is 1. The quantitative estimate of drug-likeness (QED) is 0.899. The van der Waals surface area contributed by atoms with Crippen LogP contribution in [0.25, 0.3) is 0 Å². The molecule has 0 aliphatic carbocycles. The van der Waals surface area contributed by atoms with Gasteiger partial charge in [-0.3, -0.25) is 0 Å². The fraction of sp³-hybridized carbons (Fsp3) is 0.533. The van der Waals surface area contributed by atoms with Crippen LogP contribution in [0.3, 0.4) is 0 Å². The summed E-state index contributed by atoms with van der Waals surface area (Å²) >= 11 is 0. The van der Waals surface area contributed by atoms with Crippen LogP contribution in [0.15, 0.2) is 18.2 Å². The molecule has 1 aromatic carbocycles. The fourth-order valence-electron chi connectivity index (χ4n) is 2.55. The first-order valence-corrected chi connectivity index (χ1v) is 6.73. The van der Waals surface area contributed by atoms with E-state index in [-0.39, 0.29) is 22.9 Å². The maximum absolute atomic E-state index is 13.1. The minimum atomic E-state index is -4.49. The number of nitrogens with one attached hydrogen (secondary N) is 1. The number of benzene rings is 1. The van der Waals surface area contributed by atoms with Crippen LogP contribution in [-0.2, 0) is 10.9 Å². The van der Waals surface area contributed by atoms with Crippen LogP contribution in [0.5, 0.6) is 0 Å². The molecular weight excluding hydrogens is 281 g/mol. The molecule has 1 aliphatic heterocycles. The van der Waals surface area contributed by atoms with Crippen LogP contribution in [0.2, 0.25) is 0 Å². The highest BCUT2D eigenvalue weighted by atomic mass is 19.4.